The number of alkyl halides is 3. The number of aromatic hydroxyl groups is 2. The van der Waals surface area contributed by atoms with Crippen molar-refractivity contribution >= 4 is 58.7 Å². The largest absolute Gasteiger partial charge is 0.507 e. The van der Waals surface area contributed by atoms with E-state index in [0.29, 0.717) is 18.4 Å². The molecule has 1 aliphatic heterocycles. The van der Waals surface area contributed by atoms with Crippen LogP contribution in [0.3, 0.4) is 0 Å². The number of benzene rings is 2. The summed E-state index contributed by atoms with van der Waals surface area (Å²) in [5.74, 6) is -2.19. The molecule has 1 fully saturated rings. The highest BCUT2D eigenvalue weighted by Gasteiger charge is 2.33. The number of rotatable bonds is 14. The van der Waals surface area contributed by atoms with Crippen molar-refractivity contribution in [3.05, 3.63) is 82.0 Å². The van der Waals surface area contributed by atoms with Crippen molar-refractivity contribution in [3.8, 4) is 11.5 Å². The number of fused-ring (bicyclic) bond motifs is 1. The van der Waals surface area contributed by atoms with Gasteiger partial charge in [-0.15, -0.1) is 23.5 Å². The third-order valence-electron chi connectivity index (χ3n) is 8.25. The number of halogens is 3. The molecule has 1 aliphatic carbocycles. The summed E-state index contributed by atoms with van der Waals surface area (Å²) in [5.41, 5.74) is 0.642. The predicted octanol–water partition coefficient (Wildman–Crippen LogP) is 8.34. The third-order valence-corrected chi connectivity index (χ3v) is 12.8. The van der Waals surface area contributed by atoms with Crippen LogP contribution in [0, 0.1) is 0 Å². The number of carbonyl (C=O) groups excluding carboxylic acids is 4. The summed E-state index contributed by atoms with van der Waals surface area (Å²) in [6, 6.07) is 5.70. The van der Waals surface area contributed by atoms with Crippen molar-refractivity contribution in [1.29, 1.82) is 0 Å². The van der Waals surface area contributed by atoms with Gasteiger partial charge in [0.25, 0.3) is 0 Å². The van der Waals surface area contributed by atoms with Gasteiger partial charge in [0.05, 0.1) is 28.4 Å². The molecule has 1 unspecified atom stereocenters. The Labute approximate surface area is 302 Å². The molecule has 1 saturated heterocycles. The SMILES string of the molecule is COC(=O)[C@H](CS[C@H](CC=C(C)C)c1cc(O)c2c(c1O)C(=O)C=CC2=O)NC(=O)CCCC[C@@H]1CCSC(c2cccc(C(F)(F)F)c2)S1. The van der Waals surface area contributed by atoms with Gasteiger partial charge < -0.3 is 20.3 Å². The second kappa shape index (κ2) is 17.7. The molecule has 2 aliphatic rings. The van der Waals surface area contributed by atoms with Crippen molar-refractivity contribution in [2.24, 2.45) is 0 Å². The van der Waals surface area contributed by atoms with Crippen LogP contribution in [0.2, 0.25) is 0 Å². The average Bonchev–Trinajstić information content (AvgIpc) is 3.08. The Morgan fingerprint density at radius 3 is 2.50 bits per heavy atom. The quantitative estimate of drug-likeness (QED) is 0.0750. The topological polar surface area (TPSA) is 130 Å². The smallest absolute Gasteiger partial charge is 0.416 e. The van der Waals surface area contributed by atoms with E-state index in [1.165, 1.54) is 37.1 Å². The number of phenolic OH excluding ortho intramolecular Hbond substituents is 2. The Kier molecular flexibility index (Phi) is 14.0. The van der Waals surface area contributed by atoms with Crippen molar-refractivity contribution in [2.45, 2.75) is 79.7 Å². The summed E-state index contributed by atoms with van der Waals surface area (Å²) in [4.78, 5) is 50.6. The van der Waals surface area contributed by atoms with Gasteiger partial charge in [0.15, 0.2) is 11.6 Å². The van der Waals surface area contributed by atoms with E-state index < -0.39 is 52.1 Å². The van der Waals surface area contributed by atoms with Gasteiger partial charge in [-0.1, -0.05) is 30.2 Å². The molecule has 2 aromatic rings. The number of thioether (sulfide) groups is 3. The van der Waals surface area contributed by atoms with Crippen LogP contribution in [0.1, 0.15) is 99.6 Å². The lowest BCUT2D eigenvalue weighted by Gasteiger charge is -2.29. The predicted molar refractivity (Wildman–Crippen MR) is 192 cm³/mol. The zero-order valence-electron chi connectivity index (χ0n) is 27.9. The maximum absolute atomic E-state index is 13.2. The van der Waals surface area contributed by atoms with Crippen LogP contribution < -0.4 is 5.32 Å². The number of unbranched alkanes of at least 4 members (excludes halogenated alkanes) is 1. The van der Waals surface area contributed by atoms with Crippen molar-refractivity contribution in [3.63, 3.8) is 0 Å². The first kappa shape index (κ1) is 39.4. The van der Waals surface area contributed by atoms with Crippen LogP contribution in [0.5, 0.6) is 11.5 Å². The van der Waals surface area contributed by atoms with E-state index >= 15 is 0 Å². The van der Waals surface area contributed by atoms with E-state index in [4.69, 9.17) is 4.74 Å². The molecule has 2 aromatic carbocycles. The van der Waals surface area contributed by atoms with Gasteiger partial charge in [0, 0.05) is 28.2 Å². The van der Waals surface area contributed by atoms with Gasteiger partial charge in [-0.3, -0.25) is 14.4 Å². The Hall–Kier alpha value is -3.36. The summed E-state index contributed by atoms with van der Waals surface area (Å²) < 4.78 is 44.5. The molecular formula is C36H40F3NO7S3. The lowest BCUT2D eigenvalue weighted by Crippen LogP contribution is -2.43. The van der Waals surface area contributed by atoms with Crippen LogP contribution in [0.15, 0.2) is 54.1 Å². The Bertz CT molecular complexity index is 1660. The number of phenols is 2. The molecule has 0 aromatic heterocycles. The third kappa shape index (κ3) is 10.3. The number of nitrogens with one attached hydrogen (secondary N) is 1. The lowest BCUT2D eigenvalue weighted by atomic mass is 9.89. The molecule has 4 rings (SSSR count). The van der Waals surface area contributed by atoms with Crippen molar-refractivity contribution in [2.75, 3.05) is 18.6 Å². The van der Waals surface area contributed by atoms with Crippen LogP contribution in [-0.2, 0) is 20.5 Å². The van der Waals surface area contributed by atoms with Gasteiger partial charge in [-0.05, 0) is 81.2 Å². The molecule has 1 heterocycles. The zero-order valence-corrected chi connectivity index (χ0v) is 30.3. The molecule has 0 bridgehead atoms. The number of hydrogen-bond acceptors (Lipinski definition) is 10. The number of carbonyl (C=O) groups is 4. The van der Waals surface area contributed by atoms with Gasteiger partial charge in [0.2, 0.25) is 5.91 Å². The number of esters is 1. The molecule has 0 radical (unpaired) electrons. The first-order chi connectivity index (χ1) is 23.7. The second-order valence-electron chi connectivity index (χ2n) is 12.2. The fourth-order valence-corrected chi connectivity index (χ4v) is 10.3. The zero-order chi connectivity index (χ0) is 36.6. The molecule has 270 valence electrons. The van der Waals surface area contributed by atoms with Crippen LogP contribution in [-0.4, -0.2) is 63.6 Å². The minimum absolute atomic E-state index is 0.0526. The fourth-order valence-electron chi connectivity index (χ4n) is 5.64. The second-order valence-corrected chi connectivity index (χ2v) is 16.4. The van der Waals surface area contributed by atoms with Gasteiger partial charge in [0.1, 0.15) is 17.5 Å². The van der Waals surface area contributed by atoms with E-state index in [0.717, 1.165) is 48.8 Å². The monoisotopic (exact) mass is 751 g/mol. The molecule has 50 heavy (non-hydrogen) atoms. The summed E-state index contributed by atoms with van der Waals surface area (Å²) >= 11 is 4.52. The fraction of sp³-hybridized carbons (Fsp3) is 0.444. The van der Waals surface area contributed by atoms with Crippen LogP contribution >= 0.6 is 35.3 Å². The number of methoxy groups -OCH3 is 1. The number of allylic oxidation sites excluding steroid dienone is 4. The first-order valence-electron chi connectivity index (χ1n) is 16.1. The Morgan fingerprint density at radius 2 is 1.82 bits per heavy atom. The first-order valence-corrected chi connectivity index (χ1v) is 19.2. The van der Waals surface area contributed by atoms with E-state index in [1.807, 2.05) is 19.9 Å². The maximum Gasteiger partial charge on any atom is 0.416 e. The Morgan fingerprint density at radius 1 is 1.10 bits per heavy atom. The molecule has 8 nitrogen and oxygen atoms in total. The summed E-state index contributed by atoms with van der Waals surface area (Å²) in [7, 11) is 1.21. The molecule has 0 spiro atoms. The van der Waals surface area contributed by atoms with Gasteiger partial charge >= 0.3 is 12.1 Å². The minimum Gasteiger partial charge on any atom is -0.507 e. The van der Waals surface area contributed by atoms with E-state index in [9.17, 15) is 42.6 Å². The minimum atomic E-state index is -4.39. The normalized spacial score (nSPS) is 18.6. The van der Waals surface area contributed by atoms with Crippen molar-refractivity contribution in [1.82, 2.24) is 5.32 Å². The van der Waals surface area contributed by atoms with Crippen LogP contribution in [0.25, 0.3) is 0 Å². The molecule has 14 heteroatoms. The van der Waals surface area contributed by atoms with Gasteiger partial charge in [-0.25, -0.2) is 4.79 Å². The number of ether oxygens (including phenoxy) is 1. The Balaban J connectivity index is 1.34. The summed E-state index contributed by atoms with van der Waals surface area (Å²) in [5, 5.41) is 24.2. The average molecular weight is 752 g/mol. The molecule has 4 atom stereocenters. The van der Waals surface area contributed by atoms with Gasteiger partial charge in [-0.2, -0.15) is 24.9 Å². The maximum atomic E-state index is 13.2. The standard InChI is InChI=1S/C36H40F3NO7S3/c1-20(2)11-14-29(24-18-28(43)31-26(41)12-13-27(42)32(31)33(24)45)49-19-25(34(46)47-3)40-30(44)10-5-4-9-23-15-16-48-35(50-23)21-7-6-8-22(17-21)36(37,38)39/h6-8,11-13,17-18,23,25,29,35,43,45H,4-5,9-10,14-16,19H2,1-3H3,(H,40,44)/t23-,25+,29-,35?/m1/s1. The highest BCUT2D eigenvalue weighted by molar-refractivity contribution is 8.17. The lowest BCUT2D eigenvalue weighted by molar-refractivity contribution is -0.144. The summed E-state index contributed by atoms with van der Waals surface area (Å²) in [6.45, 7) is 3.77. The molecular weight excluding hydrogens is 712 g/mol. The molecule has 1 amide bonds. The van der Waals surface area contributed by atoms with E-state index in [2.05, 4.69) is 5.32 Å². The number of amides is 1. The number of ketones is 2. The molecule has 3 N–H and O–H groups in total. The highest BCUT2D eigenvalue weighted by atomic mass is 32.2. The van der Waals surface area contributed by atoms with E-state index in [1.54, 1.807) is 29.6 Å². The summed E-state index contributed by atoms with van der Waals surface area (Å²) in [6.07, 6.45) is 3.10. The molecule has 0 saturated carbocycles. The van der Waals surface area contributed by atoms with E-state index in [-0.39, 0.29) is 44.6 Å². The van der Waals surface area contributed by atoms with Crippen LogP contribution in [0.4, 0.5) is 13.2 Å². The highest BCUT2D eigenvalue weighted by Crippen LogP contribution is 2.49. The number of hydrogen-bond donors (Lipinski definition) is 3. The van der Waals surface area contributed by atoms with Crippen molar-refractivity contribution < 1.29 is 47.3 Å².